The van der Waals surface area contributed by atoms with Gasteiger partial charge < -0.3 is 14.5 Å². The first kappa shape index (κ1) is 16.6. The average Bonchev–Trinajstić information content (AvgIpc) is 2.61. The van der Waals surface area contributed by atoms with Crippen LogP contribution in [0.3, 0.4) is 0 Å². The Morgan fingerprint density at radius 3 is 2.88 bits per heavy atom. The molecule has 1 amide bonds. The van der Waals surface area contributed by atoms with Gasteiger partial charge >= 0.3 is 0 Å². The molecule has 0 spiro atoms. The molecule has 1 aliphatic heterocycles. The fourth-order valence-electron chi connectivity index (χ4n) is 2.88. The van der Waals surface area contributed by atoms with E-state index in [1.165, 1.54) is 6.20 Å². The van der Waals surface area contributed by atoms with Crippen molar-refractivity contribution >= 4 is 23.2 Å². The van der Waals surface area contributed by atoms with Gasteiger partial charge in [-0.3, -0.25) is 4.79 Å². The topological polar surface area (TPSA) is 45.7 Å². The number of ether oxygens (including phenoxy) is 1. The van der Waals surface area contributed by atoms with Crippen molar-refractivity contribution in [2.45, 2.75) is 13.0 Å². The summed E-state index contributed by atoms with van der Waals surface area (Å²) in [5.74, 6) is 0.772. The number of likely N-dealkylation sites (N-methyl/N-ethyl adjacent to an activating group) is 2. The van der Waals surface area contributed by atoms with Crippen molar-refractivity contribution in [3.63, 3.8) is 0 Å². The molecule has 0 aliphatic carbocycles. The van der Waals surface area contributed by atoms with Crippen molar-refractivity contribution in [1.29, 1.82) is 0 Å². The van der Waals surface area contributed by atoms with E-state index in [2.05, 4.69) is 22.9 Å². The Morgan fingerprint density at radius 1 is 1.38 bits per heavy atom. The van der Waals surface area contributed by atoms with Gasteiger partial charge in [-0.05, 0) is 31.2 Å². The van der Waals surface area contributed by atoms with Crippen LogP contribution in [0.1, 0.15) is 17.3 Å². The molecule has 0 saturated heterocycles. The monoisotopic (exact) mass is 345 g/mol. The number of rotatable bonds is 4. The lowest BCUT2D eigenvalue weighted by Gasteiger charge is -2.37. The number of hydrogen-bond acceptors (Lipinski definition) is 4. The lowest BCUT2D eigenvalue weighted by Crippen LogP contribution is -2.46. The maximum atomic E-state index is 12.5. The summed E-state index contributed by atoms with van der Waals surface area (Å²) in [6.07, 6.45) is 1.42. The van der Waals surface area contributed by atoms with E-state index in [1.807, 2.05) is 18.2 Å². The molecular weight excluding hydrogens is 326 g/mol. The molecule has 126 valence electrons. The van der Waals surface area contributed by atoms with Gasteiger partial charge in [0, 0.05) is 19.8 Å². The van der Waals surface area contributed by atoms with Crippen LogP contribution in [0.15, 0.2) is 42.6 Å². The highest BCUT2D eigenvalue weighted by molar-refractivity contribution is 6.29. The maximum Gasteiger partial charge on any atom is 0.255 e. The molecule has 1 aromatic carbocycles. The third-order valence-corrected chi connectivity index (χ3v) is 4.33. The van der Waals surface area contributed by atoms with Gasteiger partial charge in [0.1, 0.15) is 17.0 Å². The lowest BCUT2D eigenvalue weighted by molar-refractivity contribution is 0.0709. The Morgan fingerprint density at radius 2 is 2.17 bits per heavy atom. The van der Waals surface area contributed by atoms with E-state index in [-0.39, 0.29) is 12.0 Å². The highest BCUT2D eigenvalue weighted by atomic mass is 35.5. The molecule has 1 aliphatic rings. The predicted octanol–water partition coefficient (Wildman–Crippen LogP) is 3.09. The molecule has 0 radical (unpaired) electrons. The molecule has 0 N–H and O–H groups in total. The normalized spacial score (nSPS) is 16.3. The van der Waals surface area contributed by atoms with Crippen molar-refractivity contribution in [3.8, 4) is 5.75 Å². The third-order valence-electron chi connectivity index (χ3n) is 4.10. The average molecular weight is 346 g/mol. The molecule has 24 heavy (non-hydrogen) atoms. The van der Waals surface area contributed by atoms with Gasteiger partial charge in [0.2, 0.25) is 0 Å². The minimum atomic E-state index is -0.0929. The van der Waals surface area contributed by atoms with Gasteiger partial charge in [0.15, 0.2) is 0 Å². The Kier molecular flexibility index (Phi) is 4.90. The van der Waals surface area contributed by atoms with Crippen LogP contribution in [-0.4, -0.2) is 48.6 Å². The largest absolute Gasteiger partial charge is 0.485 e. The van der Waals surface area contributed by atoms with Gasteiger partial charge in [0.25, 0.3) is 5.91 Å². The maximum absolute atomic E-state index is 12.5. The smallest absolute Gasteiger partial charge is 0.255 e. The van der Waals surface area contributed by atoms with E-state index < -0.39 is 0 Å². The summed E-state index contributed by atoms with van der Waals surface area (Å²) in [5.41, 5.74) is 1.62. The number of hydrogen-bond donors (Lipinski definition) is 0. The van der Waals surface area contributed by atoms with Crippen LogP contribution in [0, 0.1) is 0 Å². The minimum Gasteiger partial charge on any atom is -0.485 e. The Hall–Kier alpha value is -2.27. The van der Waals surface area contributed by atoms with Gasteiger partial charge in [0.05, 0.1) is 24.3 Å². The first-order chi connectivity index (χ1) is 11.6. The number of para-hydroxylation sites is 2. The highest BCUT2D eigenvalue weighted by Crippen LogP contribution is 2.32. The molecule has 6 heteroatoms. The second-order valence-corrected chi connectivity index (χ2v) is 6.19. The summed E-state index contributed by atoms with van der Waals surface area (Å²) in [5, 5.41) is 0.375. The summed E-state index contributed by atoms with van der Waals surface area (Å²) in [6, 6.07) is 11.3. The number of fused-ring (bicyclic) bond motifs is 1. The first-order valence-electron chi connectivity index (χ1n) is 7.96. The molecule has 0 fully saturated rings. The van der Waals surface area contributed by atoms with Crippen LogP contribution < -0.4 is 9.64 Å². The minimum absolute atomic E-state index is 0.0749. The molecule has 3 rings (SSSR count). The molecule has 0 unspecified atom stereocenters. The standard InChI is InChI=1S/C18H20ClN3O2/c1-3-22-12-14(24-16-7-5-4-6-15(16)22)11-21(2)18(23)13-8-9-17(19)20-10-13/h4-10,14H,3,11-12H2,1-2H3/t14-/m0/s1. The Labute approximate surface area is 146 Å². The fourth-order valence-corrected chi connectivity index (χ4v) is 3.00. The number of carbonyl (C=O) groups is 1. The van der Waals surface area contributed by atoms with Crippen LogP contribution in [0.2, 0.25) is 5.15 Å². The van der Waals surface area contributed by atoms with Gasteiger partial charge in [-0.15, -0.1) is 0 Å². The van der Waals surface area contributed by atoms with E-state index >= 15 is 0 Å². The van der Waals surface area contributed by atoms with Crippen molar-refractivity contribution in [1.82, 2.24) is 9.88 Å². The summed E-state index contributed by atoms with van der Waals surface area (Å²) in [7, 11) is 1.77. The molecule has 1 atom stereocenters. The van der Waals surface area contributed by atoms with Crippen LogP contribution in [0.25, 0.3) is 0 Å². The van der Waals surface area contributed by atoms with Crippen molar-refractivity contribution in [3.05, 3.63) is 53.3 Å². The first-order valence-corrected chi connectivity index (χ1v) is 8.34. The summed E-state index contributed by atoms with van der Waals surface area (Å²) in [4.78, 5) is 20.4. The summed E-state index contributed by atoms with van der Waals surface area (Å²) < 4.78 is 6.07. The highest BCUT2D eigenvalue weighted by Gasteiger charge is 2.27. The molecule has 2 heterocycles. The number of amides is 1. The number of carbonyl (C=O) groups excluding carboxylic acids is 1. The summed E-state index contributed by atoms with van der Waals surface area (Å²) >= 11 is 5.77. The second-order valence-electron chi connectivity index (χ2n) is 5.80. The van der Waals surface area contributed by atoms with E-state index in [4.69, 9.17) is 16.3 Å². The Balaban J connectivity index is 1.70. The van der Waals surface area contributed by atoms with Gasteiger partial charge in [-0.2, -0.15) is 0 Å². The van der Waals surface area contributed by atoms with E-state index in [1.54, 1.807) is 24.1 Å². The predicted molar refractivity (Wildman–Crippen MR) is 95.0 cm³/mol. The zero-order valence-corrected chi connectivity index (χ0v) is 14.5. The van der Waals surface area contributed by atoms with Crippen LogP contribution in [-0.2, 0) is 0 Å². The number of pyridine rings is 1. The van der Waals surface area contributed by atoms with Crippen molar-refractivity contribution < 1.29 is 9.53 Å². The molecule has 5 nitrogen and oxygen atoms in total. The van der Waals surface area contributed by atoms with E-state index in [0.29, 0.717) is 17.3 Å². The lowest BCUT2D eigenvalue weighted by atomic mass is 10.1. The van der Waals surface area contributed by atoms with Gasteiger partial charge in [-0.25, -0.2) is 4.98 Å². The molecule has 0 bridgehead atoms. The SMILES string of the molecule is CCN1C[C@H](CN(C)C(=O)c2ccc(Cl)nc2)Oc2ccccc21. The molecule has 1 aromatic heterocycles. The molecule has 2 aromatic rings. The zero-order valence-electron chi connectivity index (χ0n) is 13.8. The zero-order chi connectivity index (χ0) is 17.1. The summed E-state index contributed by atoms with van der Waals surface area (Å²) in [6.45, 7) is 4.28. The van der Waals surface area contributed by atoms with Crippen LogP contribution >= 0.6 is 11.6 Å². The van der Waals surface area contributed by atoms with Crippen LogP contribution in [0.5, 0.6) is 5.75 Å². The number of halogens is 1. The van der Waals surface area contributed by atoms with E-state index in [0.717, 1.165) is 24.5 Å². The van der Waals surface area contributed by atoms with Crippen molar-refractivity contribution in [2.75, 3.05) is 31.6 Å². The number of anilines is 1. The van der Waals surface area contributed by atoms with Crippen LogP contribution in [0.4, 0.5) is 5.69 Å². The fraction of sp³-hybridized carbons (Fsp3) is 0.333. The van der Waals surface area contributed by atoms with E-state index in [9.17, 15) is 4.79 Å². The Bertz CT molecular complexity index is 720. The molecular formula is C18H20ClN3O2. The quantitative estimate of drug-likeness (QED) is 0.799. The van der Waals surface area contributed by atoms with Gasteiger partial charge in [-0.1, -0.05) is 23.7 Å². The second kappa shape index (κ2) is 7.09. The number of nitrogens with zero attached hydrogens (tertiary/aromatic N) is 3. The third kappa shape index (κ3) is 3.46. The number of aromatic nitrogens is 1. The molecule has 0 saturated carbocycles. The van der Waals surface area contributed by atoms with Crippen molar-refractivity contribution in [2.24, 2.45) is 0 Å². The number of benzene rings is 1.